The van der Waals surface area contributed by atoms with E-state index in [0.717, 1.165) is 12.8 Å². The molecule has 2 heterocycles. The van der Waals surface area contributed by atoms with Crippen LogP contribution < -0.4 is 9.46 Å². The van der Waals surface area contributed by atoms with Gasteiger partial charge < -0.3 is 9.30 Å². The van der Waals surface area contributed by atoms with E-state index in [1.807, 2.05) is 4.57 Å². The van der Waals surface area contributed by atoms with Crippen LogP contribution in [0, 0.1) is 17.2 Å². The predicted octanol–water partition coefficient (Wildman–Crippen LogP) is 4.49. The molecule has 1 aromatic carbocycles. The quantitative estimate of drug-likeness (QED) is 0.536. The molecule has 2 fully saturated rings. The third-order valence-corrected chi connectivity index (χ3v) is 7.61. The van der Waals surface area contributed by atoms with Crippen molar-refractivity contribution in [2.24, 2.45) is 5.92 Å². The molecule has 2 aliphatic carbocycles. The highest BCUT2D eigenvalue weighted by molar-refractivity contribution is 7.93. The number of nitrogens with one attached hydrogen (secondary N) is 1. The molecule has 166 valence electrons. The number of fused-ring (bicyclic) bond motifs is 1. The van der Waals surface area contributed by atoms with Crippen molar-refractivity contribution in [1.82, 2.24) is 9.55 Å². The minimum absolute atomic E-state index is 0.0240. The summed E-state index contributed by atoms with van der Waals surface area (Å²) in [5.41, 5.74) is 2.46. The first-order valence-electron chi connectivity index (χ1n) is 10.3. The Labute approximate surface area is 183 Å². The van der Waals surface area contributed by atoms with Gasteiger partial charge in [-0.1, -0.05) is 0 Å². The maximum atomic E-state index is 12.7. The van der Waals surface area contributed by atoms with E-state index in [2.05, 4.69) is 20.5 Å². The van der Waals surface area contributed by atoms with Crippen LogP contribution in [0.1, 0.15) is 31.2 Å². The molecule has 2 saturated carbocycles. The van der Waals surface area contributed by atoms with Crippen molar-refractivity contribution in [3.8, 4) is 23.2 Å². The van der Waals surface area contributed by atoms with E-state index in [4.69, 9.17) is 0 Å². The number of pyridine rings is 1. The SMILES string of the molecule is N#Cc1c(-c2ccc(NS(=O)(=O)C3CC3)cn2)n(CC2CC2)c2cc(OC(F)F)ccc12. The van der Waals surface area contributed by atoms with Gasteiger partial charge in [-0.15, -0.1) is 0 Å². The highest BCUT2D eigenvalue weighted by Gasteiger charge is 2.35. The van der Waals surface area contributed by atoms with Crippen LogP contribution in [0.15, 0.2) is 36.5 Å². The summed E-state index contributed by atoms with van der Waals surface area (Å²) < 4.78 is 58.8. The molecule has 0 spiro atoms. The summed E-state index contributed by atoms with van der Waals surface area (Å²) in [5.74, 6) is 0.469. The number of anilines is 1. The monoisotopic (exact) mass is 458 g/mol. The van der Waals surface area contributed by atoms with Crippen LogP contribution in [-0.4, -0.2) is 29.8 Å². The molecule has 7 nitrogen and oxygen atoms in total. The number of sulfonamides is 1. The molecule has 0 saturated heterocycles. The number of aromatic nitrogens is 2. The molecule has 0 bridgehead atoms. The first-order valence-corrected chi connectivity index (χ1v) is 11.9. The lowest BCUT2D eigenvalue weighted by molar-refractivity contribution is -0.0497. The summed E-state index contributed by atoms with van der Waals surface area (Å²) in [6.45, 7) is -2.31. The number of hydrogen-bond donors (Lipinski definition) is 1. The van der Waals surface area contributed by atoms with Crippen molar-refractivity contribution < 1.29 is 21.9 Å². The van der Waals surface area contributed by atoms with Gasteiger partial charge in [-0.2, -0.15) is 14.0 Å². The number of hydrogen-bond acceptors (Lipinski definition) is 5. The molecule has 0 unspecified atom stereocenters. The van der Waals surface area contributed by atoms with Crippen molar-refractivity contribution in [2.45, 2.75) is 44.1 Å². The number of rotatable bonds is 8. The molecule has 5 rings (SSSR count). The van der Waals surface area contributed by atoms with Crippen LogP contribution in [0.5, 0.6) is 5.75 Å². The van der Waals surface area contributed by atoms with Gasteiger partial charge in [-0.3, -0.25) is 9.71 Å². The Balaban J connectivity index is 1.58. The summed E-state index contributed by atoms with van der Waals surface area (Å²) in [7, 11) is -3.40. The smallest absolute Gasteiger partial charge is 0.387 e. The average molecular weight is 458 g/mol. The molecule has 1 N–H and O–H groups in total. The number of halogens is 2. The molecule has 0 atom stereocenters. The van der Waals surface area contributed by atoms with Crippen molar-refractivity contribution in [1.29, 1.82) is 5.26 Å². The van der Waals surface area contributed by atoms with Crippen LogP contribution >= 0.6 is 0 Å². The lowest BCUT2D eigenvalue weighted by Crippen LogP contribution is -2.17. The third kappa shape index (κ3) is 4.00. The number of alkyl halides is 2. The largest absolute Gasteiger partial charge is 0.435 e. The molecule has 2 aromatic heterocycles. The summed E-state index contributed by atoms with van der Waals surface area (Å²) in [6, 6.07) is 10.1. The van der Waals surface area contributed by atoms with Crippen molar-refractivity contribution in [3.05, 3.63) is 42.1 Å². The van der Waals surface area contributed by atoms with E-state index < -0.39 is 16.6 Å². The van der Waals surface area contributed by atoms with Gasteiger partial charge in [0.15, 0.2) is 0 Å². The second-order valence-corrected chi connectivity index (χ2v) is 10.2. The van der Waals surface area contributed by atoms with Crippen LogP contribution in [-0.2, 0) is 16.6 Å². The van der Waals surface area contributed by atoms with Gasteiger partial charge in [0.05, 0.1) is 39.6 Å². The van der Waals surface area contributed by atoms with Crippen molar-refractivity contribution in [3.63, 3.8) is 0 Å². The molecule has 3 aromatic rings. The van der Waals surface area contributed by atoms with Crippen molar-refractivity contribution >= 4 is 26.6 Å². The second kappa shape index (κ2) is 7.74. The van der Waals surface area contributed by atoms with Gasteiger partial charge in [-0.05, 0) is 55.9 Å². The minimum atomic E-state index is -3.40. The van der Waals surface area contributed by atoms with E-state index >= 15 is 0 Å². The Morgan fingerprint density at radius 2 is 2.00 bits per heavy atom. The zero-order chi connectivity index (χ0) is 22.5. The van der Waals surface area contributed by atoms with E-state index in [9.17, 15) is 22.5 Å². The Morgan fingerprint density at radius 3 is 2.59 bits per heavy atom. The van der Waals surface area contributed by atoms with E-state index in [0.29, 0.717) is 58.8 Å². The van der Waals surface area contributed by atoms with Crippen LogP contribution in [0.4, 0.5) is 14.5 Å². The Kier molecular flexibility index (Phi) is 5.01. The number of nitrogens with zero attached hydrogens (tertiary/aromatic N) is 3. The van der Waals surface area contributed by atoms with Gasteiger partial charge in [0.25, 0.3) is 0 Å². The molecular weight excluding hydrogens is 438 g/mol. The van der Waals surface area contributed by atoms with Gasteiger partial charge >= 0.3 is 6.61 Å². The van der Waals surface area contributed by atoms with Crippen LogP contribution in [0.25, 0.3) is 22.3 Å². The third-order valence-electron chi connectivity index (χ3n) is 5.74. The standard InChI is InChI=1S/C22H20F2N4O3S/c23-22(24)31-15-4-7-17-18(10-25)21(28(20(17)9-15)12-13-1-2-13)19-8-3-14(11-26-19)27-32(29,30)16-5-6-16/h3-4,7-9,11,13,16,22,27H,1-2,5-6,12H2. The maximum Gasteiger partial charge on any atom is 0.387 e. The summed E-state index contributed by atoms with van der Waals surface area (Å²) in [4.78, 5) is 4.43. The second-order valence-electron chi connectivity index (χ2n) is 8.23. The Hall–Kier alpha value is -3.19. The number of nitriles is 1. The fourth-order valence-corrected chi connectivity index (χ4v) is 5.23. The fraction of sp³-hybridized carbons (Fsp3) is 0.364. The minimum Gasteiger partial charge on any atom is -0.435 e. The number of benzene rings is 1. The average Bonchev–Trinajstić information content (AvgIpc) is 3.65. The van der Waals surface area contributed by atoms with E-state index in [1.54, 1.807) is 18.2 Å². The molecular formula is C22H20F2N4O3S. The van der Waals surface area contributed by atoms with Crippen molar-refractivity contribution in [2.75, 3.05) is 4.72 Å². The van der Waals surface area contributed by atoms with Crippen LogP contribution in [0.2, 0.25) is 0 Å². The molecule has 2 aliphatic rings. The normalized spacial score (nSPS) is 16.3. The predicted molar refractivity (Wildman–Crippen MR) is 115 cm³/mol. The Morgan fingerprint density at radius 1 is 1.22 bits per heavy atom. The summed E-state index contributed by atoms with van der Waals surface area (Å²) in [6.07, 6.45) is 4.86. The van der Waals surface area contributed by atoms with Gasteiger partial charge in [0.2, 0.25) is 10.0 Å². The molecule has 0 aliphatic heterocycles. The van der Waals surface area contributed by atoms with Crippen LogP contribution in [0.3, 0.4) is 0 Å². The first-order chi connectivity index (χ1) is 15.4. The first kappa shape index (κ1) is 20.7. The zero-order valence-corrected chi connectivity index (χ0v) is 17.8. The highest BCUT2D eigenvalue weighted by Crippen LogP contribution is 2.39. The molecule has 0 amide bonds. The zero-order valence-electron chi connectivity index (χ0n) is 17.0. The van der Waals surface area contributed by atoms with Gasteiger partial charge in [0.1, 0.15) is 11.8 Å². The number of ether oxygens (including phenoxy) is 1. The summed E-state index contributed by atoms with van der Waals surface area (Å²) in [5, 5.41) is 10.2. The molecule has 0 radical (unpaired) electrons. The highest BCUT2D eigenvalue weighted by atomic mass is 32.2. The molecule has 10 heteroatoms. The van der Waals surface area contributed by atoms with Gasteiger partial charge in [-0.25, -0.2) is 8.42 Å². The Bertz CT molecular complexity index is 1320. The molecule has 32 heavy (non-hydrogen) atoms. The topological polar surface area (TPSA) is 97.0 Å². The van der Waals surface area contributed by atoms with E-state index in [1.165, 1.54) is 18.3 Å². The summed E-state index contributed by atoms with van der Waals surface area (Å²) >= 11 is 0. The van der Waals surface area contributed by atoms with E-state index in [-0.39, 0.29) is 11.0 Å². The van der Waals surface area contributed by atoms with Gasteiger partial charge in [0, 0.05) is 18.0 Å². The lowest BCUT2D eigenvalue weighted by Gasteiger charge is -2.12. The maximum absolute atomic E-state index is 12.7. The lowest BCUT2D eigenvalue weighted by atomic mass is 10.1. The fourth-order valence-electron chi connectivity index (χ4n) is 3.85.